The molecule has 1 aromatic heterocycles. The molecule has 0 aliphatic rings. The second-order valence-electron chi connectivity index (χ2n) is 7.21. The molecule has 0 radical (unpaired) electrons. The predicted molar refractivity (Wildman–Crippen MR) is 114 cm³/mol. The van der Waals surface area contributed by atoms with E-state index < -0.39 is 0 Å². The molecule has 3 rings (SSSR count). The molecule has 146 valence electrons. The summed E-state index contributed by atoms with van der Waals surface area (Å²) in [5, 5.41) is 3.09. The summed E-state index contributed by atoms with van der Waals surface area (Å²) >= 11 is 0. The third-order valence-corrected chi connectivity index (χ3v) is 5.16. The fraction of sp³-hybridized carbons (Fsp3) is 0.292. The highest BCUT2D eigenvalue weighted by molar-refractivity contribution is 5.97. The highest BCUT2D eigenvalue weighted by Crippen LogP contribution is 2.31. The smallest absolute Gasteiger partial charge is 0.253 e. The van der Waals surface area contributed by atoms with E-state index in [1.165, 1.54) is 5.56 Å². The van der Waals surface area contributed by atoms with Crippen molar-refractivity contribution >= 4 is 5.91 Å². The number of carbonyl (C=O) groups excluding carboxylic acids is 1. The number of amides is 1. The Morgan fingerprint density at radius 2 is 1.71 bits per heavy atom. The van der Waals surface area contributed by atoms with Crippen LogP contribution in [0.1, 0.15) is 41.9 Å². The zero-order valence-electron chi connectivity index (χ0n) is 17.2. The molecular formula is C24H28N2O2. The number of ether oxygens (including phenoxy) is 1. The maximum absolute atomic E-state index is 12.9. The first-order valence-electron chi connectivity index (χ1n) is 9.69. The molecule has 0 bridgehead atoms. The van der Waals surface area contributed by atoms with Crippen LogP contribution in [0.3, 0.4) is 0 Å². The highest BCUT2D eigenvalue weighted by Gasteiger charge is 2.20. The van der Waals surface area contributed by atoms with Crippen LogP contribution in [0.25, 0.3) is 16.9 Å². The molecule has 1 atom stereocenters. The van der Waals surface area contributed by atoms with Crippen LogP contribution in [-0.2, 0) is 0 Å². The van der Waals surface area contributed by atoms with Gasteiger partial charge in [-0.1, -0.05) is 24.6 Å². The quantitative estimate of drug-likeness (QED) is 0.634. The number of methoxy groups -OCH3 is 1. The highest BCUT2D eigenvalue weighted by atomic mass is 16.5. The van der Waals surface area contributed by atoms with Gasteiger partial charge in [-0.2, -0.15) is 0 Å². The van der Waals surface area contributed by atoms with E-state index in [9.17, 15) is 4.79 Å². The molecule has 2 aromatic carbocycles. The van der Waals surface area contributed by atoms with E-state index in [1.54, 1.807) is 7.11 Å². The molecule has 1 N–H and O–H groups in total. The van der Waals surface area contributed by atoms with Crippen molar-refractivity contribution in [3.63, 3.8) is 0 Å². The Morgan fingerprint density at radius 3 is 2.29 bits per heavy atom. The fourth-order valence-corrected chi connectivity index (χ4v) is 3.24. The van der Waals surface area contributed by atoms with Crippen LogP contribution >= 0.6 is 0 Å². The number of benzene rings is 2. The molecule has 0 aliphatic carbocycles. The van der Waals surface area contributed by atoms with E-state index in [0.717, 1.165) is 34.8 Å². The molecule has 0 aliphatic heterocycles. The number of carbonyl (C=O) groups is 1. The van der Waals surface area contributed by atoms with Crippen molar-refractivity contribution in [1.82, 2.24) is 9.88 Å². The molecule has 0 saturated heterocycles. The van der Waals surface area contributed by atoms with Gasteiger partial charge in [-0.15, -0.1) is 0 Å². The van der Waals surface area contributed by atoms with Crippen molar-refractivity contribution in [2.75, 3.05) is 7.11 Å². The Labute approximate surface area is 167 Å². The first-order valence-corrected chi connectivity index (χ1v) is 9.69. The zero-order chi connectivity index (χ0) is 20.3. The molecule has 1 heterocycles. The van der Waals surface area contributed by atoms with Gasteiger partial charge >= 0.3 is 0 Å². The average Bonchev–Trinajstić information content (AvgIpc) is 3.06. The second-order valence-corrected chi connectivity index (χ2v) is 7.21. The number of aryl methyl sites for hydroxylation is 1. The molecule has 28 heavy (non-hydrogen) atoms. The summed E-state index contributed by atoms with van der Waals surface area (Å²) in [5.41, 5.74) is 5.89. The Morgan fingerprint density at radius 1 is 1.07 bits per heavy atom. The summed E-state index contributed by atoms with van der Waals surface area (Å²) in [7, 11) is 1.66. The van der Waals surface area contributed by atoms with Gasteiger partial charge in [0.1, 0.15) is 5.75 Å². The SMILES string of the molecule is CC[C@H](C)NC(=O)c1cc(-c2ccc(OC)cc2)n(-c2ccc(C)cc2)c1C. The van der Waals surface area contributed by atoms with Crippen molar-refractivity contribution in [1.29, 1.82) is 0 Å². The topological polar surface area (TPSA) is 43.3 Å². The van der Waals surface area contributed by atoms with Crippen molar-refractivity contribution in [3.05, 3.63) is 71.4 Å². The van der Waals surface area contributed by atoms with Gasteiger partial charge in [-0.05, 0) is 75.2 Å². The molecule has 0 fully saturated rings. The summed E-state index contributed by atoms with van der Waals surface area (Å²) in [4.78, 5) is 12.9. The Balaban J connectivity index is 2.14. The molecule has 0 saturated carbocycles. The molecule has 4 heteroatoms. The van der Waals surface area contributed by atoms with Crippen LogP contribution in [0.5, 0.6) is 5.75 Å². The van der Waals surface area contributed by atoms with E-state index in [4.69, 9.17) is 4.74 Å². The van der Waals surface area contributed by atoms with E-state index in [-0.39, 0.29) is 11.9 Å². The van der Waals surface area contributed by atoms with Crippen LogP contribution in [0.15, 0.2) is 54.6 Å². The van der Waals surface area contributed by atoms with Crippen molar-refractivity contribution < 1.29 is 9.53 Å². The molecular weight excluding hydrogens is 348 g/mol. The first-order chi connectivity index (χ1) is 13.4. The molecule has 0 unspecified atom stereocenters. The Kier molecular flexibility index (Phi) is 5.88. The third kappa shape index (κ3) is 3.96. The van der Waals surface area contributed by atoms with Crippen molar-refractivity contribution in [2.45, 2.75) is 40.2 Å². The van der Waals surface area contributed by atoms with Gasteiger partial charge in [0.05, 0.1) is 18.4 Å². The summed E-state index contributed by atoms with van der Waals surface area (Å²) < 4.78 is 7.43. The van der Waals surface area contributed by atoms with Crippen molar-refractivity contribution in [3.8, 4) is 22.7 Å². The lowest BCUT2D eigenvalue weighted by molar-refractivity contribution is 0.0938. The molecule has 0 spiro atoms. The van der Waals surface area contributed by atoms with Gasteiger partial charge in [0, 0.05) is 17.4 Å². The standard InChI is InChI=1S/C24H28N2O2/c1-6-17(3)25-24(27)22-15-23(19-9-13-21(28-5)14-10-19)26(18(22)4)20-11-7-16(2)8-12-20/h7-15,17H,6H2,1-5H3,(H,25,27)/t17-/m0/s1. The predicted octanol–water partition coefficient (Wildman–Crippen LogP) is 5.30. The van der Waals surface area contributed by atoms with Gasteiger partial charge in [0.25, 0.3) is 5.91 Å². The minimum Gasteiger partial charge on any atom is -0.497 e. The monoisotopic (exact) mass is 376 g/mol. The number of hydrogen-bond donors (Lipinski definition) is 1. The Bertz CT molecular complexity index is 954. The molecule has 4 nitrogen and oxygen atoms in total. The van der Waals surface area contributed by atoms with Crippen molar-refractivity contribution in [2.24, 2.45) is 0 Å². The van der Waals surface area contributed by atoms with Crippen LogP contribution in [0, 0.1) is 13.8 Å². The molecule has 3 aromatic rings. The first kappa shape index (κ1) is 19.7. The number of nitrogens with zero attached hydrogens (tertiary/aromatic N) is 1. The molecule has 1 amide bonds. The van der Waals surface area contributed by atoms with E-state index in [1.807, 2.05) is 44.2 Å². The lowest BCUT2D eigenvalue weighted by Gasteiger charge is -2.14. The number of aromatic nitrogens is 1. The number of nitrogens with one attached hydrogen (secondary N) is 1. The fourth-order valence-electron chi connectivity index (χ4n) is 3.24. The summed E-state index contributed by atoms with van der Waals surface area (Å²) in [6.45, 7) is 8.16. The summed E-state index contributed by atoms with van der Waals surface area (Å²) in [6.07, 6.45) is 0.898. The summed E-state index contributed by atoms with van der Waals surface area (Å²) in [6, 6.07) is 18.4. The van der Waals surface area contributed by atoms with Gasteiger partial charge in [0.15, 0.2) is 0 Å². The number of hydrogen-bond acceptors (Lipinski definition) is 2. The van der Waals surface area contributed by atoms with E-state index in [2.05, 4.69) is 48.0 Å². The minimum absolute atomic E-state index is 0.0347. The van der Waals surface area contributed by atoms with Crippen LogP contribution in [-0.4, -0.2) is 23.6 Å². The van der Waals surface area contributed by atoms with Gasteiger partial charge < -0.3 is 14.6 Å². The van der Waals surface area contributed by atoms with Gasteiger partial charge in [0.2, 0.25) is 0 Å². The Hall–Kier alpha value is -3.01. The maximum Gasteiger partial charge on any atom is 0.253 e. The van der Waals surface area contributed by atoms with E-state index in [0.29, 0.717) is 5.56 Å². The lowest BCUT2D eigenvalue weighted by Crippen LogP contribution is -2.32. The van der Waals surface area contributed by atoms with Gasteiger partial charge in [-0.25, -0.2) is 0 Å². The third-order valence-electron chi connectivity index (χ3n) is 5.16. The number of rotatable bonds is 6. The van der Waals surface area contributed by atoms with Gasteiger partial charge in [-0.3, -0.25) is 4.79 Å². The van der Waals surface area contributed by atoms with E-state index >= 15 is 0 Å². The van der Waals surface area contributed by atoms with Crippen LogP contribution < -0.4 is 10.1 Å². The second kappa shape index (κ2) is 8.34. The largest absolute Gasteiger partial charge is 0.497 e. The lowest BCUT2D eigenvalue weighted by atomic mass is 10.1. The average molecular weight is 377 g/mol. The summed E-state index contributed by atoms with van der Waals surface area (Å²) in [5.74, 6) is 0.774. The minimum atomic E-state index is -0.0347. The zero-order valence-corrected chi connectivity index (χ0v) is 17.2. The maximum atomic E-state index is 12.9. The van der Waals surface area contributed by atoms with Crippen LogP contribution in [0.4, 0.5) is 0 Å². The van der Waals surface area contributed by atoms with Crippen LogP contribution in [0.2, 0.25) is 0 Å². The normalized spacial score (nSPS) is 11.9.